The molecule has 0 fully saturated rings. The molecule has 4 nitrogen and oxygen atoms in total. The number of aromatic nitrogens is 4. The van der Waals surface area contributed by atoms with Gasteiger partial charge in [0.2, 0.25) is 5.95 Å². The molecule has 0 aliphatic rings. The van der Waals surface area contributed by atoms with Crippen LogP contribution in [-0.2, 0) is 0 Å². The van der Waals surface area contributed by atoms with E-state index in [0.717, 1.165) is 50.0 Å². The Morgan fingerprint density at radius 1 is 0.357 bits per heavy atom. The quantitative estimate of drug-likeness (QED) is 0.182. The number of hydrogen-bond donors (Lipinski definition) is 0. The van der Waals surface area contributed by atoms with Crippen LogP contribution in [-0.4, -0.2) is 19.1 Å². The highest BCUT2D eigenvalue weighted by Gasteiger charge is 2.24. The predicted molar refractivity (Wildman–Crippen MR) is 234 cm³/mol. The summed E-state index contributed by atoms with van der Waals surface area (Å²) in [6, 6.07) is 69.6. The average Bonchev–Trinajstić information content (AvgIpc) is 3.78. The topological polar surface area (TPSA) is 35.6 Å². The molecule has 0 amide bonds. The van der Waals surface area contributed by atoms with Gasteiger partial charge in [-0.05, 0) is 75.6 Å². The minimum Gasteiger partial charge on any atom is -0.309 e. The van der Waals surface area contributed by atoms with Gasteiger partial charge in [-0.25, -0.2) is 9.97 Å². The molecule has 0 aliphatic carbocycles. The molecule has 4 heteroatoms. The summed E-state index contributed by atoms with van der Waals surface area (Å²) in [5.41, 5.74) is 10.9. The first-order valence-electron chi connectivity index (χ1n) is 19.1. The van der Waals surface area contributed by atoms with Crippen LogP contribution in [0.25, 0.3) is 110 Å². The highest BCUT2D eigenvalue weighted by molar-refractivity contribution is 6.27. The van der Waals surface area contributed by atoms with Crippen molar-refractivity contribution < 1.29 is 0 Å². The van der Waals surface area contributed by atoms with E-state index in [2.05, 4.69) is 203 Å². The van der Waals surface area contributed by atoms with E-state index in [0.29, 0.717) is 5.95 Å². The molecule has 12 aromatic rings. The van der Waals surface area contributed by atoms with Crippen LogP contribution in [0.5, 0.6) is 0 Å². The van der Waals surface area contributed by atoms with Crippen molar-refractivity contribution in [3.05, 3.63) is 194 Å². The van der Waals surface area contributed by atoms with Crippen LogP contribution in [0.4, 0.5) is 0 Å². The Kier molecular flexibility index (Phi) is 6.60. The van der Waals surface area contributed by atoms with Gasteiger partial charge < -0.3 is 4.57 Å². The highest BCUT2D eigenvalue weighted by Crippen LogP contribution is 2.46. The minimum atomic E-state index is 0.649. The molecule has 0 aliphatic heterocycles. The predicted octanol–water partition coefficient (Wildman–Crippen LogP) is 13.5. The van der Waals surface area contributed by atoms with Crippen LogP contribution < -0.4 is 0 Å². The van der Waals surface area contributed by atoms with Crippen LogP contribution in [0.1, 0.15) is 0 Å². The molecule has 12 rings (SSSR count). The van der Waals surface area contributed by atoms with Gasteiger partial charge in [0.05, 0.1) is 33.3 Å². The van der Waals surface area contributed by atoms with E-state index in [1.165, 1.54) is 54.1 Å². The first-order chi connectivity index (χ1) is 27.8. The smallest absolute Gasteiger partial charge is 0.235 e. The first kappa shape index (κ1) is 30.9. The average molecular weight is 713 g/mol. The van der Waals surface area contributed by atoms with Gasteiger partial charge in [-0.15, -0.1) is 0 Å². The normalized spacial score (nSPS) is 11.9. The number of benzene rings is 9. The molecule has 0 atom stereocenters. The summed E-state index contributed by atoms with van der Waals surface area (Å²) >= 11 is 0. The Bertz CT molecular complexity index is 3520. The maximum absolute atomic E-state index is 5.49. The molecule has 3 heterocycles. The molecule has 0 saturated carbocycles. The number of fused-ring (bicyclic) bond motifs is 10. The molecular weight excluding hydrogens is 681 g/mol. The fourth-order valence-electron chi connectivity index (χ4n) is 9.07. The molecule has 0 saturated heterocycles. The molecule has 56 heavy (non-hydrogen) atoms. The van der Waals surface area contributed by atoms with E-state index < -0.39 is 0 Å². The number of nitrogens with zero attached hydrogens (tertiary/aromatic N) is 4. The molecule has 260 valence electrons. The Hall–Kier alpha value is -7.56. The van der Waals surface area contributed by atoms with Gasteiger partial charge in [0.15, 0.2) is 0 Å². The molecule has 9 aromatic carbocycles. The SMILES string of the molecule is c1ccc(-c2nc(-n3c4ccc5ccccc5c4c4cc5ccccc5c(-c5ccc6c(c5)c5ccccc5n6-c5ccccc5)c43)nc3ccccc23)cc1. The third-order valence-corrected chi connectivity index (χ3v) is 11.5. The highest BCUT2D eigenvalue weighted by atomic mass is 15.2. The fraction of sp³-hybridized carbons (Fsp3) is 0. The van der Waals surface area contributed by atoms with Gasteiger partial charge in [-0.2, -0.15) is 0 Å². The van der Waals surface area contributed by atoms with Gasteiger partial charge in [0.1, 0.15) is 0 Å². The van der Waals surface area contributed by atoms with Crippen LogP contribution in [0.15, 0.2) is 194 Å². The summed E-state index contributed by atoms with van der Waals surface area (Å²) in [6.07, 6.45) is 0. The van der Waals surface area contributed by atoms with Crippen molar-refractivity contribution in [2.45, 2.75) is 0 Å². The molecule has 0 bridgehead atoms. The third-order valence-electron chi connectivity index (χ3n) is 11.5. The van der Waals surface area contributed by atoms with E-state index in [9.17, 15) is 0 Å². The van der Waals surface area contributed by atoms with Gasteiger partial charge >= 0.3 is 0 Å². The molecule has 3 aromatic heterocycles. The molecule has 0 radical (unpaired) electrons. The zero-order valence-corrected chi connectivity index (χ0v) is 30.3. The lowest BCUT2D eigenvalue weighted by Gasteiger charge is -2.15. The largest absolute Gasteiger partial charge is 0.309 e. The van der Waals surface area contributed by atoms with Gasteiger partial charge in [0.25, 0.3) is 0 Å². The second kappa shape index (κ2) is 12.0. The second-order valence-corrected chi connectivity index (χ2v) is 14.6. The van der Waals surface area contributed by atoms with E-state index in [4.69, 9.17) is 9.97 Å². The summed E-state index contributed by atoms with van der Waals surface area (Å²) in [6.45, 7) is 0. The molecule has 0 N–H and O–H groups in total. The van der Waals surface area contributed by atoms with Crippen LogP contribution in [0, 0.1) is 0 Å². The Labute approximate surface area is 322 Å². The lowest BCUT2D eigenvalue weighted by atomic mass is 9.93. The van der Waals surface area contributed by atoms with Gasteiger partial charge in [0, 0.05) is 43.7 Å². The summed E-state index contributed by atoms with van der Waals surface area (Å²) in [7, 11) is 0. The van der Waals surface area contributed by atoms with Crippen molar-refractivity contribution in [1.29, 1.82) is 0 Å². The molecule has 0 unspecified atom stereocenters. The van der Waals surface area contributed by atoms with Crippen molar-refractivity contribution in [1.82, 2.24) is 19.1 Å². The van der Waals surface area contributed by atoms with Crippen molar-refractivity contribution >= 4 is 76.1 Å². The lowest BCUT2D eigenvalue weighted by Crippen LogP contribution is -2.04. The summed E-state index contributed by atoms with van der Waals surface area (Å²) in [5, 5.41) is 10.6. The Balaban J connectivity index is 1.26. The number of rotatable bonds is 4. The maximum atomic E-state index is 5.49. The summed E-state index contributed by atoms with van der Waals surface area (Å²) in [5.74, 6) is 0.649. The molecular formula is C52H32N4. The number of para-hydroxylation sites is 3. The van der Waals surface area contributed by atoms with Crippen LogP contribution in [0.3, 0.4) is 0 Å². The third kappa shape index (κ3) is 4.47. The first-order valence-corrected chi connectivity index (χ1v) is 19.1. The monoisotopic (exact) mass is 712 g/mol. The van der Waals surface area contributed by atoms with Crippen molar-refractivity contribution in [2.24, 2.45) is 0 Å². The van der Waals surface area contributed by atoms with Crippen molar-refractivity contribution in [3.63, 3.8) is 0 Å². The minimum absolute atomic E-state index is 0.649. The summed E-state index contributed by atoms with van der Waals surface area (Å²) < 4.78 is 4.71. The second-order valence-electron chi connectivity index (χ2n) is 14.6. The van der Waals surface area contributed by atoms with Gasteiger partial charge in [-0.1, -0.05) is 146 Å². The standard InChI is InChI=1S/C52H32N4/c1-3-16-34(17-4-1)50-41-24-11-13-25-44(41)53-52(54-50)56-47-30-27-33-15-7-9-21-38(33)49(47)43-31-35-18-8-10-22-39(35)48(51(43)56)36-28-29-46-42(32-36)40-23-12-14-26-45(40)55(46)37-19-5-2-6-20-37/h1-32H. The van der Waals surface area contributed by atoms with Crippen molar-refractivity contribution in [2.75, 3.05) is 0 Å². The van der Waals surface area contributed by atoms with E-state index >= 15 is 0 Å². The van der Waals surface area contributed by atoms with Crippen molar-refractivity contribution in [3.8, 4) is 34.0 Å². The van der Waals surface area contributed by atoms with Gasteiger partial charge in [-0.3, -0.25) is 4.57 Å². The number of hydrogen-bond acceptors (Lipinski definition) is 2. The molecule has 0 spiro atoms. The summed E-state index contributed by atoms with van der Waals surface area (Å²) in [4.78, 5) is 10.9. The fourth-order valence-corrected chi connectivity index (χ4v) is 9.07. The lowest BCUT2D eigenvalue weighted by molar-refractivity contribution is 1.01. The zero-order chi connectivity index (χ0) is 36.7. The van der Waals surface area contributed by atoms with E-state index in [-0.39, 0.29) is 0 Å². The van der Waals surface area contributed by atoms with Crippen LogP contribution >= 0.6 is 0 Å². The Morgan fingerprint density at radius 2 is 1.00 bits per heavy atom. The Morgan fingerprint density at radius 3 is 1.84 bits per heavy atom. The van der Waals surface area contributed by atoms with Crippen LogP contribution in [0.2, 0.25) is 0 Å². The maximum Gasteiger partial charge on any atom is 0.235 e. The van der Waals surface area contributed by atoms with E-state index in [1.807, 2.05) is 0 Å². The van der Waals surface area contributed by atoms with E-state index in [1.54, 1.807) is 0 Å². The zero-order valence-electron chi connectivity index (χ0n) is 30.3.